The van der Waals surface area contributed by atoms with Crippen LogP contribution in [0.4, 0.5) is 0 Å². The third-order valence-corrected chi connectivity index (χ3v) is 3.36. The third-order valence-electron chi connectivity index (χ3n) is 3.36. The number of nitrogens with one attached hydrogen (secondary N) is 1. The number of unbranched alkanes of at least 4 members (excludes halogenated alkanes) is 1. The molecular formula is C12H17NO2. The highest BCUT2D eigenvalue weighted by Crippen LogP contribution is 2.36. The van der Waals surface area contributed by atoms with E-state index in [-0.39, 0.29) is 11.8 Å². The van der Waals surface area contributed by atoms with Crippen molar-refractivity contribution in [3.05, 3.63) is 11.1 Å². The molecule has 0 bridgehead atoms. The first kappa shape index (κ1) is 10.4. The van der Waals surface area contributed by atoms with Crippen LogP contribution < -0.4 is 5.32 Å². The maximum atomic E-state index is 11.6. The van der Waals surface area contributed by atoms with Crippen molar-refractivity contribution in [2.45, 2.75) is 45.4 Å². The number of carbonyl (C=O) groups is 2. The fourth-order valence-electron chi connectivity index (χ4n) is 2.59. The van der Waals surface area contributed by atoms with Crippen molar-refractivity contribution < 1.29 is 9.59 Å². The molecule has 0 saturated heterocycles. The van der Waals surface area contributed by atoms with Crippen molar-refractivity contribution in [1.82, 2.24) is 5.32 Å². The third kappa shape index (κ3) is 1.83. The molecule has 1 aliphatic heterocycles. The number of hydrogen-bond acceptors (Lipinski definition) is 2. The topological polar surface area (TPSA) is 46.2 Å². The van der Waals surface area contributed by atoms with Crippen molar-refractivity contribution in [1.29, 1.82) is 0 Å². The van der Waals surface area contributed by atoms with Crippen molar-refractivity contribution in [3.8, 4) is 0 Å². The van der Waals surface area contributed by atoms with Crippen molar-refractivity contribution in [2.75, 3.05) is 0 Å². The Labute approximate surface area is 89.9 Å². The normalized spacial score (nSPS) is 25.5. The Balaban J connectivity index is 2.19. The van der Waals surface area contributed by atoms with Gasteiger partial charge in [-0.3, -0.25) is 14.9 Å². The van der Waals surface area contributed by atoms with Crippen LogP contribution in [-0.2, 0) is 9.59 Å². The highest BCUT2D eigenvalue weighted by Gasteiger charge is 2.36. The fourth-order valence-corrected chi connectivity index (χ4v) is 2.59. The molecule has 3 heteroatoms. The molecule has 82 valence electrons. The van der Waals surface area contributed by atoms with Crippen molar-refractivity contribution in [3.63, 3.8) is 0 Å². The Morgan fingerprint density at radius 3 is 2.87 bits per heavy atom. The highest BCUT2D eigenvalue weighted by atomic mass is 16.2. The minimum atomic E-state index is -0.142. The van der Waals surface area contributed by atoms with Gasteiger partial charge in [0.05, 0.1) is 0 Å². The average Bonchev–Trinajstić information content (AvgIpc) is 2.53. The van der Waals surface area contributed by atoms with E-state index in [0.717, 1.165) is 49.7 Å². The van der Waals surface area contributed by atoms with E-state index in [1.165, 1.54) is 0 Å². The first-order valence-electron chi connectivity index (χ1n) is 5.82. The lowest BCUT2D eigenvalue weighted by Gasteiger charge is -2.21. The van der Waals surface area contributed by atoms with E-state index >= 15 is 0 Å². The standard InChI is InChI=1S/C12H17NO2/c1-2-3-5-8-6-4-7-9-10(8)12(15)13-11(9)14/h8H,2-7H2,1H3,(H,13,14,15). The largest absolute Gasteiger partial charge is 0.289 e. The predicted molar refractivity (Wildman–Crippen MR) is 57.0 cm³/mol. The number of hydrogen-bond donors (Lipinski definition) is 1. The summed E-state index contributed by atoms with van der Waals surface area (Å²) >= 11 is 0. The molecular weight excluding hydrogens is 190 g/mol. The zero-order valence-electron chi connectivity index (χ0n) is 9.14. The van der Waals surface area contributed by atoms with Gasteiger partial charge in [0.1, 0.15) is 0 Å². The Kier molecular flexibility index (Phi) is 2.89. The van der Waals surface area contributed by atoms with Gasteiger partial charge in [-0.1, -0.05) is 19.8 Å². The molecule has 0 aromatic rings. The summed E-state index contributed by atoms with van der Waals surface area (Å²) < 4.78 is 0. The predicted octanol–water partition coefficient (Wildman–Crippen LogP) is 1.93. The van der Waals surface area contributed by atoms with E-state index in [9.17, 15) is 9.59 Å². The fraction of sp³-hybridized carbons (Fsp3) is 0.667. The Morgan fingerprint density at radius 2 is 2.13 bits per heavy atom. The zero-order valence-corrected chi connectivity index (χ0v) is 9.14. The molecule has 2 aliphatic rings. The van der Waals surface area contributed by atoms with Gasteiger partial charge in [-0.15, -0.1) is 0 Å². The summed E-state index contributed by atoms with van der Waals surface area (Å²) in [6.45, 7) is 2.15. The van der Waals surface area contributed by atoms with E-state index in [4.69, 9.17) is 0 Å². The first-order valence-corrected chi connectivity index (χ1v) is 5.82. The van der Waals surface area contributed by atoms with Crippen molar-refractivity contribution >= 4 is 11.8 Å². The van der Waals surface area contributed by atoms with Crippen molar-refractivity contribution in [2.24, 2.45) is 5.92 Å². The molecule has 0 fully saturated rings. The van der Waals surface area contributed by atoms with Crippen LogP contribution in [0.15, 0.2) is 11.1 Å². The molecule has 0 saturated carbocycles. The molecule has 15 heavy (non-hydrogen) atoms. The van der Waals surface area contributed by atoms with E-state index in [1.807, 2.05) is 0 Å². The number of amides is 2. The van der Waals surface area contributed by atoms with Crippen LogP contribution in [-0.4, -0.2) is 11.8 Å². The van der Waals surface area contributed by atoms with Crippen LogP contribution in [0.5, 0.6) is 0 Å². The van der Waals surface area contributed by atoms with Gasteiger partial charge >= 0.3 is 0 Å². The van der Waals surface area contributed by atoms with E-state index in [2.05, 4.69) is 12.2 Å². The lowest BCUT2D eigenvalue weighted by Crippen LogP contribution is -2.24. The lowest BCUT2D eigenvalue weighted by atomic mass is 9.81. The quantitative estimate of drug-likeness (QED) is 0.719. The molecule has 2 amide bonds. The maximum Gasteiger partial charge on any atom is 0.254 e. The Bertz CT molecular complexity index is 331. The van der Waals surface area contributed by atoms with E-state index < -0.39 is 0 Å². The summed E-state index contributed by atoms with van der Waals surface area (Å²) in [6.07, 6.45) is 6.25. The minimum Gasteiger partial charge on any atom is -0.289 e. The molecule has 0 radical (unpaired) electrons. The second-order valence-electron chi connectivity index (χ2n) is 4.41. The molecule has 1 aliphatic carbocycles. The van der Waals surface area contributed by atoms with Crippen LogP contribution in [0.1, 0.15) is 45.4 Å². The molecule has 0 spiro atoms. The van der Waals surface area contributed by atoms with Gasteiger partial charge in [-0.25, -0.2) is 0 Å². The maximum absolute atomic E-state index is 11.6. The summed E-state index contributed by atoms with van der Waals surface area (Å²) in [5.41, 5.74) is 1.58. The first-order chi connectivity index (χ1) is 7.24. The molecule has 1 atom stereocenters. The SMILES string of the molecule is CCCCC1CCCC2=C1C(=O)NC2=O. The minimum absolute atomic E-state index is 0.129. The second-order valence-corrected chi connectivity index (χ2v) is 4.41. The van der Waals surface area contributed by atoms with Gasteiger partial charge < -0.3 is 0 Å². The monoisotopic (exact) mass is 207 g/mol. The summed E-state index contributed by atoms with van der Waals surface area (Å²) in [4.78, 5) is 23.1. The zero-order chi connectivity index (χ0) is 10.8. The highest BCUT2D eigenvalue weighted by molar-refractivity contribution is 6.19. The summed E-state index contributed by atoms with van der Waals surface area (Å²) in [6, 6.07) is 0. The number of rotatable bonds is 3. The van der Waals surface area contributed by atoms with Gasteiger partial charge in [0.2, 0.25) is 0 Å². The molecule has 3 nitrogen and oxygen atoms in total. The van der Waals surface area contributed by atoms with Gasteiger partial charge in [0.15, 0.2) is 0 Å². The van der Waals surface area contributed by atoms with Crippen LogP contribution in [0.25, 0.3) is 0 Å². The molecule has 0 aromatic heterocycles. The smallest absolute Gasteiger partial charge is 0.254 e. The van der Waals surface area contributed by atoms with E-state index in [1.54, 1.807) is 0 Å². The van der Waals surface area contributed by atoms with Crippen LogP contribution in [0, 0.1) is 5.92 Å². The molecule has 1 unspecified atom stereocenters. The summed E-state index contributed by atoms with van der Waals surface area (Å²) in [7, 11) is 0. The van der Waals surface area contributed by atoms with E-state index in [0.29, 0.717) is 5.92 Å². The lowest BCUT2D eigenvalue weighted by molar-refractivity contribution is -0.124. The Hall–Kier alpha value is -1.12. The molecule has 1 N–H and O–H groups in total. The second kappa shape index (κ2) is 4.17. The van der Waals surface area contributed by atoms with Gasteiger partial charge in [-0.05, 0) is 31.6 Å². The average molecular weight is 207 g/mol. The molecule has 0 aromatic carbocycles. The Morgan fingerprint density at radius 1 is 1.33 bits per heavy atom. The number of carbonyl (C=O) groups excluding carboxylic acids is 2. The van der Waals surface area contributed by atoms with Crippen LogP contribution >= 0.6 is 0 Å². The molecule has 2 rings (SSSR count). The van der Waals surface area contributed by atoms with Gasteiger partial charge in [0.25, 0.3) is 11.8 Å². The summed E-state index contributed by atoms with van der Waals surface area (Å²) in [5, 5.41) is 2.41. The van der Waals surface area contributed by atoms with Crippen LogP contribution in [0.2, 0.25) is 0 Å². The number of imide groups is 1. The van der Waals surface area contributed by atoms with Crippen LogP contribution in [0.3, 0.4) is 0 Å². The molecule has 1 heterocycles. The van der Waals surface area contributed by atoms with Gasteiger partial charge in [-0.2, -0.15) is 0 Å². The van der Waals surface area contributed by atoms with Gasteiger partial charge in [0, 0.05) is 11.1 Å². The summed E-state index contributed by atoms with van der Waals surface area (Å²) in [5.74, 6) is 0.0622.